The number of ether oxygens (including phenoxy) is 2. The van der Waals surface area contributed by atoms with E-state index in [0.29, 0.717) is 0 Å². The number of hydrogen-bond acceptors (Lipinski definition) is 7. The molecule has 4 atom stereocenters. The van der Waals surface area contributed by atoms with Crippen molar-refractivity contribution >= 4 is 23.9 Å². The second-order valence-corrected chi connectivity index (χ2v) is 5.42. The lowest BCUT2D eigenvalue weighted by Gasteiger charge is -2.34. The summed E-state index contributed by atoms with van der Waals surface area (Å²) in [4.78, 5) is 45.8. The first kappa shape index (κ1) is 19.8. The third-order valence-corrected chi connectivity index (χ3v) is 3.95. The first-order valence-electron chi connectivity index (χ1n) is 7.33. The molecule has 10 heteroatoms. The lowest BCUT2D eigenvalue weighted by Crippen LogP contribution is -2.45. The van der Waals surface area contributed by atoms with Gasteiger partial charge in [-0.3, -0.25) is 19.2 Å². The Kier molecular flexibility index (Phi) is 7.59. The molecule has 0 heterocycles. The van der Waals surface area contributed by atoms with E-state index in [4.69, 9.17) is 24.8 Å². The Morgan fingerprint density at radius 3 is 1.67 bits per heavy atom. The van der Waals surface area contributed by atoms with Crippen LogP contribution in [0.1, 0.15) is 12.8 Å². The number of aliphatic carboxylic acids is 3. The van der Waals surface area contributed by atoms with Gasteiger partial charge in [-0.1, -0.05) is 0 Å². The highest BCUT2D eigenvalue weighted by atomic mass is 16.6. The summed E-state index contributed by atoms with van der Waals surface area (Å²) in [6, 6.07) is 0. The monoisotopic (exact) mass is 348 g/mol. The van der Waals surface area contributed by atoms with E-state index in [1.54, 1.807) is 0 Å². The summed E-state index contributed by atoms with van der Waals surface area (Å²) >= 11 is 0. The number of carboxylic acids is 3. The van der Waals surface area contributed by atoms with Crippen LogP contribution in [0.15, 0.2) is 0 Å². The summed E-state index contributed by atoms with van der Waals surface area (Å²) in [7, 11) is 0. The van der Waals surface area contributed by atoms with Crippen LogP contribution in [0.2, 0.25) is 0 Å². The number of carbonyl (C=O) groups is 4. The lowest BCUT2D eigenvalue weighted by atomic mass is 9.68. The summed E-state index contributed by atoms with van der Waals surface area (Å²) in [6.07, 6.45) is -0.873. The normalized spacial score (nSPS) is 26.5. The van der Waals surface area contributed by atoms with Gasteiger partial charge in [0.25, 0.3) is 0 Å². The Bertz CT molecular complexity index is 488. The minimum Gasteiger partial charge on any atom is -0.481 e. The van der Waals surface area contributed by atoms with Crippen LogP contribution >= 0.6 is 0 Å². The molecular formula is C14H20O10. The van der Waals surface area contributed by atoms with Crippen LogP contribution in [0.5, 0.6) is 0 Å². The van der Waals surface area contributed by atoms with E-state index >= 15 is 0 Å². The van der Waals surface area contributed by atoms with Crippen LogP contribution < -0.4 is 0 Å². The Labute approximate surface area is 137 Å². The van der Waals surface area contributed by atoms with Crippen molar-refractivity contribution in [3.63, 3.8) is 0 Å². The molecule has 10 nitrogen and oxygen atoms in total. The molecule has 4 unspecified atom stereocenters. The van der Waals surface area contributed by atoms with E-state index < -0.39 is 60.4 Å². The highest BCUT2D eigenvalue weighted by Crippen LogP contribution is 2.39. The topological polar surface area (TPSA) is 168 Å². The maximum absolute atomic E-state index is 12.1. The fourth-order valence-electron chi connectivity index (χ4n) is 2.76. The minimum atomic E-state index is -1.40. The molecule has 1 aliphatic rings. The Morgan fingerprint density at radius 1 is 0.750 bits per heavy atom. The van der Waals surface area contributed by atoms with Gasteiger partial charge in [-0.2, -0.15) is 0 Å². The highest BCUT2D eigenvalue weighted by Gasteiger charge is 2.49. The summed E-state index contributed by atoms with van der Waals surface area (Å²) < 4.78 is 9.77. The second-order valence-electron chi connectivity index (χ2n) is 5.42. The number of rotatable bonds is 9. The first-order chi connectivity index (χ1) is 11.3. The fraction of sp³-hybridized carbons (Fsp3) is 0.714. The molecule has 0 radical (unpaired) electrons. The average molecular weight is 348 g/mol. The van der Waals surface area contributed by atoms with Gasteiger partial charge in [0.2, 0.25) is 0 Å². The van der Waals surface area contributed by atoms with Crippen molar-refractivity contribution < 1.29 is 49.1 Å². The predicted octanol–water partition coefficient (Wildman–Crippen LogP) is -0.949. The molecule has 0 spiro atoms. The number of esters is 1. The summed E-state index contributed by atoms with van der Waals surface area (Å²) in [5, 5.41) is 36.0. The zero-order valence-electron chi connectivity index (χ0n) is 12.8. The third-order valence-electron chi connectivity index (χ3n) is 3.95. The predicted molar refractivity (Wildman–Crippen MR) is 75.0 cm³/mol. The number of aliphatic hydroxyl groups excluding tert-OH is 1. The van der Waals surface area contributed by atoms with Crippen LogP contribution in [0, 0.1) is 23.7 Å². The Balaban J connectivity index is 2.78. The molecule has 0 aromatic carbocycles. The van der Waals surface area contributed by atoms with Gasteiger partial charge in [0.05, 0.1) is 43.5 Å². The van der Waals surface area contributed by atoms with Gasteiger partial charge in [-0.05, 0) is 12.8 Å². The van der Waals surface area contributed by atoms with Crippen molar-refractivity contribution in [2.24, 2.45) is 23.7 Å². The van der Waals surface area contributed by atoms with E-state index in [9.17, 15) is 24.3 Å². The second kappa shape index (κ2) is 9.18. The average Bonchev–Trinajstić information content (AvgIpc) is 2.52. The smallest absolute Gasteiger partial charge is 0.309 e. The van der Waals surface area contributed by atoms with Crippen molar-refractivity contribution in [3.05, 3.63) is 0 Å². The number of carbonyl (C=O) groups excluding carboxylic acids is 1. The van der Waals surface area contributed by atoms with E-state index in [1.807, 2.05) is 0 Å². The van der Waals surface area contributed by atoms with E-state index in [1.165, 1.54) is 0 Å². The summed E-state index contributed by atoms with van der Waals surface area (Å²) in [5.41, 5.74) is 0. The van der Waals surface area contributed by atoms with Crippen LogP contribution in [-0.4, -0.2) is 70.7 Å². The molecule has 136 valence electrons. The zero-order valence-corrected chi connectivity index (χ0v) is 12.8. The van der Waals surface area contributed by atoms with Crippen molar-refractivity contribution in [3.8, 4) is 0 Å². The van der Waals surface area contributed by atoms with Crippen molar-refractivity contribution in [2.75, 3.05) is 26.4 Å². The molecule has 0 aromatic heterocycles. The van der Waals surface area contributed by atoms with Gasteiger partial charge in [0.15, 0.2) is 0 Å². The van der Waals surface area contributed by atoms with Gasteiger partial charge >= 0.3 is 23.9 Å². The fourth-order valence-corrected chi connectivity index (χ4v) is 2.76. The van der Waals surface area contributed by atoms with Crippen molar-refractivity contribution in [1.29, 1.82) is 0 Å². The molecular weight excluding hydrogens is 328 g/mol. The number of carboxylic acid groups (broad SMARTS) is 3. The molecule has 24 heavy (non-hydrogen) atoms. The highest BCUT2D eigenvalue weighted by molar-refractivity contribution is 5.86. The van der Waals surface area contributed by atoms with Gasteiger partial charge in [-0.25, -0.2) is 0 Å². The Hall–Kier alpha value is -2.20. The maximum Gasteiger partial charge on any atom is 0.309 e. The third kappa shape index (κ3) is 5.17. The molecule has 1 saturated carbocycles. The molecule has 1 rings (SSSR count). The van der Waals surface area contributed by atoms with Crippen molar-refractivity contribution in [1.82, 2.24) is 0 Å². The molecule has 4 N–H and O–H groups in total. The van der Waals surface area contributed by atoms with Gasteiger partial charge < -0.3 is 29.9 Å². The van der Waals surface area contributed by atoms with Gasteiger partial charge in [-0.15, -0.1) is 0 Å². The molecule has 0 aliphatic heterocycles. The van der Waals surface area contributed by atoms with Crippen LogP contribution in [0.3, 0.4) is 0 Å². The number of hydrogen-bond donors (Lipinski definition) is 4. The molecule has 0 bridgehead atoms. The molecule has 1 aliphatic carbocycles. The van der Waals surface area contributed by atoms with Gasteiger partial charge in [0.1, 0.15) is 6.61 Å². The lowest BCUT2D eigenvalue weighted by molar-refractivity contribution is -0.170. The van der Waals surface area contributed by atoms with Crippen molar-refractivity contribution in [2.45, 2.75) is 12.8 Å². The van der Waals surface area contributed by atoms with Gasteiger partial charge in [0, 0.05) is 0 Å². The minimum absolute atomic E-state index is 0.00311. The molecule has 0 aromatic rings. The zero-order chi connectivity index (χ0) is 18.3. The SMILES string of the molecule is O=C(O)C1CC(C(=O)O)C(C(=O)OCCOCCO)CC1C(=O)O. The first-order valence-corrected chi connectivity index (χ1v) is 7.33. The molecule has 1 fully saturated rings. The summed E-state index contributed by atoms with van der Waals surface area (Å²) in [5.74, 6) is -10.4. The maximum atomic E-state index is 12.1. The van der Waals surface area contributed by atoms with Crippen LogP contribution in [-0.2, 0) is 28.7 Å². The quantitative estimate of drug-likeness (QED) is 0.301. The van der Waals surface area contributed by atoms with E-state index in [-0.39, 0.29) is 26.4 Å². The van der Waals surface area contributed by atoms with Crippen LogP contribution in [0.25, 0.3) is 0 Å². The number of aliphatic hydroxyl groups is 1. The standard InChI is InChI=1S/C14H20O10/c15-1-2-23-3-4-24-14(22)10-6-8(12(18)19)7(11(16)17)5-9(10)13(20)21/h7-10,15H,1-6H2,(H,16,17)(H,18,19)(H,20,21). The van der Waals surface area contributed by atoms with Crippen LogP contribution in [0.4, 0.5) is 0 Å². The summed E-state index contributed by atoms with van der Waals surface area (Å²) in [6.45, 7) is -0.326. The largest absolute Gasteiger partial charge is 0.481 e. The molecule has 0 saturated heterocycles. The Morgan fingerprint density at radius 2 is 1.21 bits per heavy atom. The van der Waals surface area contributed by atoms with E-state index in [0.717, 1.165) is 0 Å². The van der Waals surface area contributed by atoms with E-state index in [2.05, 4.69) is 0 Å². The molecule has 0 amide bonds.